The highest BCUT2D eigenvalue weighted by Gasteiger charge is 2.35. The molecular formula is C18H23N3O3. The number of likely N-dealkylation sites (tertiary alicyclic amines) is 1. The highest BCUT2D eigenvalue weighted by atomic mass is 16.2. The van der Waals surface area contributed by atoms with E-state index in [1.165, 1.54) is 4.90 Å². The van der Waals surface area contributed by atoms with Crippen LogP contribution in [0.3, 0.4) is 0 Å². The first-order valence-electron chi connectivity index (χ1n) is 8.58. The fourth-order valence-electron chi connectivity index (χ4n) is 3.23. The molecule has 3 rings (SSSR count). The predicted molar refractivity (Wildman–Crippen MR) is 89.8 cm³/mol. The molecule has 24 heavy (non-hydrogen) atoms. The lowest BCUT2D eigenvalue weighted by molar-refractivity contribution is 0.0651. The minimum atomic E-state index is -0.293. The molecule has 0 saturated carbocycles. The molecule has 1 saturated heterocycles. The zero-order valence-electron chi connectivity index (χ0n) is 14.0. The standard InChI is InChI=1S/C18H23N3O3/c1-2-3-8-21-17(23)14-5-4-12(11-15(14)18(21)24)16(22)20-9-6-13(19)7-10-20/h4-5,11,13H,2-3,6-10,19H2,1H3. The van der Waals surface area contributed by atoms with Crippen molar-refractivity contribution in [2.45, 2.75) is 38.6 Å². The summed E-state index contributed by atoms with van der Waals surface area (Å²) in [6.07, 6.45) is 3.28. The molecule has 2 heterocycles. The summed E-state index contributed by atoms with van der Waals surface area (Å²) in [4.78, 5) is 40.5. The van der Waals surface area contributed by atoms with Crippen LogP contribution in [0.2, 0.25) is 0 Å². The minimum Gasteiger partial charge on any atom is -0.339 e. The topological polar surface area (TPSA) is 83.7 Å². The van der Waals surface area contributed by atoms with Crippen LogP contribution in [-0.2, 0) is 0 Å². The molecule has 6 nitrogen and oxygen atoms in total. The van der Waals surface area contributed by atoms with Gasteiger partial charge in [-0.1, -0.05) is 13.3 Å². The molecule has 2 aliphatic rings. The summed E-state index contributed by atoms with van der Waals surface area (Å²) < 4.78 is 0. The zero-order valence-corrected chi connectivity index (χ0v) is 14.0. The first-order chi connectivity index (χ1) is 11.5. The summed E-state index contributed by atoms with van der Waals surface area (Å²) in [5.74, 6) is -0.651. The third-order valence-electron chi connectivity index (χ3n) is 4.78. The van der Waals surface area contributed by atoms with Crippen molar-refractivity contribution in [3.05, 3.63) is 34.9 Å². The number of benzene rings is 1. The van der Waals surface area contributed by atoms with E-state index in [0.717, 1.165) is 25.7 Å². The highest BCUT2D eigenvalue weighted by molar-refractivity contribution is 6.22. The summed E-state index contributed by atoms with van der Waals surface area (Å²) in [5, 5.41) is 0. The van der Waals surface area contributed by atoms with Crippen molar-refractivity contribution >= 4 is 17.7 Å². The lowest BCUT2D eigenvalue weighted by Gasteiger charge is -2.30. The first-order valence-corrected chi connectivity index (χ1v) is 8.58. The summed E-state index contributed by atoms with van der Waals surface area (Å²) in [7, 11) is 0. The summed E-state index contributed by atoms with van der Waals surface area (Å²) in [6.45, 7) is 3.70. The van der Waals surface area contributed by atoms with E-state index in [1.54, 1.807) is 23.1 Å². The van der Waals surface area contributed by atoms with E-state index in [4.69, 9.17) is 5.73 Å². The Morgan fingerprint density at radius 1 is 1.17 bits per heavy atom. The molecule has 0 radical (unpaired) electrons. The normalized spacial score (nSPS) is 18.2. The average Bonchev–Trinajstić information content (AvgIpc) is 2.83. The van der Waals surface area contributed by atoms with Gasteiger partial charge in [0.05, 0.1) is 11.1 Å². The molecule has 2 aliphatic heterocycles. The zero-order chi connectivity index (χ0) is 17.3. The Kier molecular flexibility index (Phi) is 4.66. The van der Waals surface area contributed by atoms with Gasteiger partial charge in [0.15, 0.2) is 0 Å². The molecule has 0 spiro atoms. The number of hydrogen-bond acceptors (Lipinski definition) is 4. The number of carbonyl (C=O) groups excluding carboxylic acids is 3. The van der Waals surface area contributed by atoms with E-state index in [2.05, 4.69) is 0 Å². The monoisotopic (exact) mass is 329 g/mol. The molecule has 1 fully saturated rings. The summed E-state index contributed by atoms with van der Waals surface area (Å²) >= 11 is 0. The van der Waals surface area contributed by atoms with Crippen LogP contribution in [0, 0.1) is 0 Å². The van der Waals surface area contributed by atoms with Crippen molar-refractivity contribution in [3.63, 3.8) is 0 Å². The van der Waals surface area contributed by atoms with Crippen LogP contribution >= 0.6 is 0 Å². The van der Waals surface area contributed by atoms with E-state index in [1.807, 2.05) is 6.92 Å². The number of piperidine rings is 1. The van der Waals surface area contributed by atoms with Crippen LogP contribution in [0.5, 0.6) is 0 Å². The maximum absolute atomic E-state index is 12.6. The fraction of sp³-hybridized carbons (Fsp3) is 0.500. The molecule has 0 aliphatic carbocycles. The molecule has 0 atom stereocenters. The van der Waals surface area contributed by atoms with Gasteiger partial charge < -0.3 is 10.6 Å². The quantitative estimate of drug-likeness (QED) is 0.851. The number of fused-ring (bicyclic) bond motifs is 1. The van der Waals surface area contributed by atoms with Crippen LogP contribution < -0.4 is 5.73 Å². The lowest BCUT2D eigenvalue weighted by Crippen LogP contribution is -2.42. The van der Waals surface area contributed by atoms with E-state index in [-0.39, 0.29) is 23.8 Å². The van der Waals surface area contributed by atoms with Gasteiger partial charge in [-0.2, -0.15) is 0 Å². The van der Waals surface area contributed by atoms with Gasteiger partial charge in [0.25, 0.3) is 17.7 Å². The number of nitrogens with two attached hydrogens (primary N) is 1. The Morgan fingerprint density at radius 3 is 2.50 bits per heavy atom. The molecular weight excluding hydrogens is 306 g/mol. The third-order valence-corrected chi connectivity index (χ3v) is 4.78. The Balaban J connectivity index is 1.80. The van der Waals surface area contributed by atoms with Gasteiger partial charge in [-0.15, -0.1) is 0 Å². The van der Waals surface area contributed by atoms with Crippen molar-refractivity contribution in [3.8, 4) is 0 Å². The Labute approximate surface area is 141 Å². The summed E-state index contributed by atoms with van der Waals surface area (Å²) in [6, 6.07) is 4.97. The van der Waals surface area contributed by atoms with Gasteiger partial charge in [0.2, 0.25) is 0 Å². The average molecular weight is 329 g/mol. The van der Waals surface area contributed by atoms with Crippen molar-refractivity contribution < 1.29 is 14.4 Å². The van der Waals surface area contributed by atoms with Crippen LogP contribution in [0.4, 0.5) is 0 Å². The molecule has 1 aromatic rings. The molecule has 6 heteroatoms. The first kappa shape index (κ1) is 16.6. The van der Waals surface area contributed by atoms with Crippen LogP contribution in [0.1, 0.15) is 63.7 Å². The second-order valence-corrected chi connectivity index (χ2v) is 6.51. The smallest absolute Gasteiger partial charge is 0.261 e. The fourth-order valence-corrected chi connectivity index (χ4v) is 3.23. The second kappa shape index (κ2) is 6.73. The van der Waals surface area contributed by atoms with Gasteiger partial charge in [-0.3, -0.25) is 19.3 Å². The maximum atomic E-state index is 12.6. The SMILES string of the molecule is CCCCN1C(=O)c2ccc(C(=O)N3CCC(N)CC3)cc2C1=O. The van der Waals surface area contributed by atoms with Gasteiger partial charge >= 0.3 is 0 Å². The second-order valence-electron chi connectivity index (χ2n) is 6.51. The van der Waals surface area contributed by atoms with Crippen molar-refractivity contribution in [2.24, 2.45) is 5.73 Å². The number of nitrogens with zero attached hydrogens (tertiary/aromatic N) is 2. The molecule has 2 N–H and O–H groups in total. The van der Waals surface area contributed by atoms with Crippen LogP contribution in [0.25, 0.3) is 0 Å². The number of rotatable bonds is 4. The van der Waals surface area contributed by atoms with Crippen LogP contribution in [-0.4, -0.2) is 53.2 Å². The number of unbranched alkanes of at least 4 members (excludes halogenated alkanes) is 1. The van der Waals surface area contributed by atoms with Crippen molar-refractivity contribution in [1.29, 1.82) is 0 Å². The number of hydrogen-bond donors (Lipinski definition) is 1. The number of imide groups is 1. The molecule has 0 bridgehead atoms. The minimum absolute atomic E-state index is 0.100. The summed E-state index contributed by atoms with van der Waals surface area (Å²) in [5.41, 5.74) is 7.07. The van der Waals surface area contributed by atoms with Crippen molar-refractivity contribution in [1.82, 2.24) is 9.80 Å². The molecule has 0 unspecified atom stereocenters. The molecule has 3 amide bonds. The lowest BCUT2D eigenvalue weighted by atomic mass is 10.0. The van der Waals surface area contributed by atoms with Gasteiger partial charge in [0, 0.05) is 31.2 Å². The van der Waals surface area contributed by atoms with E-state index < -0.39 is 0 Å². The van der Waals surface area contributed by atoms with Gasteiger partial charge in [-0.25, -0.2) is 0 Å². The van der Waals surface area contributed by atoms with Crippen molar-refractivity contribution in [2.75, 3.05) is 19.6 Å². The molecule has 0 aromatic heterocycles. The van der Waals surface area contributed by atoms with E-state index in [9.17, 15) is 14.4 Å². The Hall–Kier alpha value is -2.21. The maximum Gasteiger partial charge on any atom is 0.261 e. The molecule has 128 valence electrons. The van der Waals surface area contributed by atoms with Gasteiger partial charge in [0.1, 0.15) is 0 Å². The Bertz CT molecular complexity index is 678. The predicted octanol–water partition coefficient (Wildman–Crippen LogP) is 1.65. The Morgan fingerprint density at radius 2 is 1.83 bits per heavy atom. The number of carbonyl (C=O) groups is 3. The largest absolute Gasteiger partial charge is 0.339 e. The highest BCUT2D eigenvalue weighted by Crippen LogP contribution is 2.25. The van der Waals surface area contributed by atoms with Gasteiger partial charge in [-0.05, 0) is 37.5 Å². The number of amides is 3. The van der Waals surface area contributed by atoms with Crippen LogP contribution in [0.15, 0.2) is 18.2 Å². The van der Waals surface area contributed by atoms with E-state index >= 15 is 0 Å². The third kappa shape index (κ3) is 2.94. The molecule has 1 aromatic carbocycles. The van der Waals surface area contributed by atoms with E-state index in [0.29, 0.717) is 36.3 Å².